The smallest absolute Gasteiger partial charge is 0.236 e. The van der Waals surface area contributed by atoms with E-state index in [0.29, 0.717) is 26.2 Å². The number of nitrogens with one attached hydrogen (secondary N) is 2. The molecule has 0 rings (SSSR count). The van der Waals surface area contributed by atoms with Crippen molar-refractivity contribution < 1.29 is 13.2 Å². The SMILES string of the molecule is CCN(CC)S(=O)(=O)CC(=O)NCCNC.Cl. The van der Waals surface area contributed by atoms with Crippen molar-refractivity contribution in [3.8, 4) is 0 Å². The van der Waals surface area contributed by atoms with Gasteiger partial charge in [0.2, 0.25) is 15.9 Å². The minimum atomic E-state index is -3.46. The van der Waals surface area contributed by atoms with E-state index in [0.717, 1.165) is 0 Å². The van der Waals surface area contributed by atoms with Gasteiger partial charge in [0.15, 0.2) is 0 Å². The number of carbonyl (C=O) groups excluding carboxylic acids is 1. The molecule has 0 aliphatic carbocycles. The molecule has 1 amide bonds. The Balaban J connectivity index is 0. The molecule has 104 valence electrons. The molecule has 0 saturated carbocycles. The monoisotopic (exact) mass is 287 g/mol. The molecule has 0 radical (unpaired) electrons. The Labute approximate surface area is 110 Å². The van der Waals surface area contributed by atoms with Crippen LogP contribution in [0.25, 0.3) is 0 Å². The van der Waals surface area contributed by atoms with E-state index in [2.05, 4.69) is 10.6 Å². The Morgan fingerprint density at radius 1 is 1.18 bits per heavy atom. The van der Waals surface area contributed by atoms with Crippen LogP contribution in [0.5, 0.6) is 0 Å². The van der Waals surface area contributed by atoms with Crippen molar-refractivity contribution in [3.05, 3.63) is 0 Å². The molecule has 0 spiro atoms. The zero-order valence-corrected chi connectivity index (χ0v) is 12.2. The summed E-state index contributed by atoms with van der Waals surface area (Å²) in [5.41, 5.74) is 0. The Kier molecular flexibility index (Phi) is 10.8. The molecule has 0 aromatic rings. The summed E-state index contributed by atoms with van der Waals surface area (Å²) < 4.78 is 24.7. The van der Waals surface area contributed by atoms with Gasteiger partial charge < -0.3 is 10.6 Å². The molecular weight excluding hydrogens is 266 g/mol. The van der Waals surface area contributed by atoms with Gasteiger partial charge in [-0.3, -0.25) is 4.79 Å². The first kappa shape index (κ1) is 19.0. The van der Waals surface area contributed by atoms with Crippen LogP contribution in [0.3, 0.4) is 0 Å². The molecule has 8 heteroatoms. The lowest BCUT2D eigenvalue weighted by Gasteiger charge is -2.17. The zero-order valence-electron chi connectivity index (χ0n) is 10.5. The van der Waals surface area contributed by atoms with Crippen LogP contribution in [0.1, 0.15) is 13.8 Å². The third-order valence-electron chi connectivity index (χ3n) is 2.11. The van der Waals surface area contributed by atoms with Crippen molar-refractivity contribution >= 4 is 28.3 Å². The minimum absolute atomic E-state index is 0. The van der Waals surface area contributed by atoms with E-state index < -0.39 is 21.7 Å². The summed E-state index contributed by atoms with van der Waals surface area (Å²) in [4.78, 5) is 11.3. The molecule has 6 nitrogen and oxygen atoms in total. The second kappa shape index (κ2) is 9.64. The molecule has 0 aromatic carbocycles. The minimum Gasteiger partial charge on any atom is -0.354 e. The van der Waals surface area contributed by atoms with Crippen molar-refractivity contribution in [2.75, 3.05) is 39.0 Å². The maximum absolute atomic E-state index is 11.7. The van der Waals surface area contributed by atoms with Crippen molar-refractivity contribution in [2.24, 2.45) is 0 Å². The predicted molar refractivity (Wildman–Crippen MR) is 70.9 cm³/mol. The summed E-state index contributed by atoms with van der Waals surface area (Å²) in [6.07, 6.45) is 0. The highest BCUT2D eigenvalue weighted by Crippen LogP contribution is 1.99. The first-order valence-corrected chi connectivity index (χ1v) is 6.98. The maximum atomic E-state index is 11.7. The van der Waals surface area contributed by atoms with Crippen LogP contribution in [0.4, 0.5) is 0 Å². The molecule has 0 saturated heterocycles. The van der Waals surface area contributed by atoms with Gasteiger partial charge in [-0.05, 0) is 7.05 Å². The molecule has 0 aromatic heterocycles. The Morgan fingerprint density at radius 3 is 2.12 bits per heavy atom. The van der Waals surface area contributed by atoms with Crippen LogP contribution in [-0.2, 0) is 14.8 Å². The van der Waals surface area contributed by atoms with E-state index in [9.17, 15) is 13.2 Å². The molecule has 2 N–H and O–H groups in total. The van der Waals surface area contributed by atoms with Crippen LogP contribution in [0, 0.1) is 0 Å². The number of halogens is 1. The average Bonchev–Trinajstić information content (AvgIpc) is 2.18. The average molecular weight is 288 g/mol. The van der Waals surface area contributed by atoms with E-state index in [1.54, 1.807) is 20.9 Å². The molecule has 0 atom stereocenters. The Bertz CT molecular complexity index is 305. The number of rotatable bonds is 8. The third kappa shape index (κ3) is 7.54. The number of carbonyl (C=O) groups is 1. The molecule has 17 heavy (non-hydrogen) atoms. The van der Waals surface area contributed by atoms with Crippen LogP contribution in [0.2, 0.25) is 0 Å². The molecule has 0 fully saturated rings. The first-order valence-electron chi connectivity index (χ1n) is 5.37. The lowest BCUT2D eigenvalue weighted by Crippen LogP contribution is -2.40. The predicted octanol–water partition coefficient (Wildman–Crippen LogP) is -0.585. The third-order valence-corrected chi connectivity index (χ3v) is 4.04. The van der Waals surface area contributed by atoms with E-state index in [4.69, 9.17) is 0 Å². The molecular formula is C9H22ClN3O3S. The van der Waals surface area contributed by atoms with E-state index >= 15 is 0 Å². The Morgan fingerprint density at radius 2 is 1.71 bits per heavy atom. The largest absolute Gasteiger partial charge is 0.354 e. The van der Waals surface area contributed by atoms with Crippen molar-refractivity contribution in [2.45, 2.75) is 13.8 Å². The standard InChI is InChI=1S/C9H21N3O3S.ClH/c1-4-12(5-2)16(14,15)8-9(13)11-7-6-10-3;/h10H,4-8H2,1-3H3,(H,11,13);1H. The maximum Gasteiger partial charge on any atom is 0.236 e. The van der Waals surface area contributed by atoms with E-state index in [1.807, 2.05) is 0 Å². The van der Waals surface area contributed by atoms with Gasteiger partial charge >= 0.3 is 0 Å². The van der Waals surface area contributed by atoms with Gasteiger partial charge in [0, 0.05) is 26.2 Å². The van der Waals surface area contributed by atoms with Gasteiger partial charge in [0.1, 0.15) is 5.75 Å². The number of sulfonamides is 1. The van der Waals surface area contributed by atoms with Crippen LogP contribution in [0.15, 0.2) is 0 Å². The zero-order chi connectivity index (χ0) is 12.6. The van der Waals surface area contributed by atoms with Crippen LogP contribution < -0.4 is 10.6 Å². The second-order valence-electron chi connectivity index (χ2n) is 3.29. The highest BCUT2D eigenvalue weighted by molar-refractivity contribution is 7.89. The lowest BCUT2D eigenvalue weighted by atomic mass is 10.6. The summed E-state index contributed by atoms with van der Waals surface area (Å²) >= 11 is 0. The van der Waals surface area contributed by atoms with E-state index in [1.165, 1.54) is 4.31 Å². The summed E-state index contributed by atoms with van der Waals surface area (Å²) in [6.45, 7) is 5.34. The number of likely N-dealkylation sites (N-methyl/N-ethyl adjacent to an activating group) is 1. The quantitative estimate of drug-likeness (QED) is 0.585. The van der Waals surface area contributed by atoms with Crippen LogP contribution in [-0.4, -0.2) is 57.6 Å². The van der Waals surface area contributed by atoms with Crippen molar-refractivity contribution in [3.63, 3.8) is 0 Å². The van der Waals surface area contributed by atoms with Crippen molar-refractivity contribution in [1.82, 2.24) is 14.9 Å². The van der Waals surface area contributed by atoms with Gasteiger partial charge in [-0.25, -0.2) is 12.7 Å². The number of hydrogen-bond acceptors (Lipinski definition) is 4. The number of hydrogen-bond donors (Lipinski definition) is 2. The number of amides is 1. The number of nitrogens with zero attached hydrogens (tertiary/aromatic N) is 1. The van der Waals surface area contributed by atoms with E-state index in [-0.39, 0.29) is 12.4 Å². The van der Waals surface area contributed by atoms with Crippen LogP contribution >= 0.6 is 12.4 Å². The van der Waals surface area contributed by atoms with Gasteiger partial charge in [-0.1, -0.05) is 13.8 Å². The summed E-state index contributed by atoms with van der Waals surface area (Å²) in [5.74, 6) is -0.930. The molecule has 0 heterocycles. The van der Waals surface area contributed by atoms with Gasteiger partial charge in [0.05, 0.1) is 0 Å². The fraction of sp³-hybridized carbons (Fsp3) is 0.889. The fourth-order valence-electron chi connectivity index (χ4n) is 1.25. The summed E-state index contributed by atoms with van der Waals surface area (Å²) in [7, 11) is -1.70. The first-order chi connectivity index (χ1) is 7.47. The van der Waals surface area contributed by atoms with Gasteiger partial charge in [-0.15, -0.1) is 12.4 Å². The molecule has 0 bridgehead atoms. The molecule has 0 aliphatic rings. The lowest BCUT2D eigenvalue weighted by molar-refractivity contribution is -0.118. The van der Waals surface area contributed by atoms with Crippen molar-refractivity contribution in [1.29, 1.82) is 0 Å². The van der Waals surface area contributed by atoms with Gasteiger partial charge in [0.25, 0.3) is 0 Å². The topological polar surface area (TPSA) is 78.5 Å². The fourth-order valence-corrected chi connectivity index (χ4v) is 2.65. The molecule has 0 aliphatic heterocycles. The molecule has 0 unspecified atom stereocenters. The normalized spacial score (nSPS) is 11.1. The highest BCUT2D eigenvalue weighted by Gasteiger charge is 2.22. The summed E-state index contributed by atoms with van der Waals surface area (Å²) in [6, 6.07) is 0. The summed E-state index contributed by atoms with van der Waals surface area (Å²) in [5, 5.41) is 5.39. The van der Waals surface area contributed by atoms with Gasteiger partial charge in [-0.2, -0.15) is 0 Å². The Hall–Kier alpha value is -0.370. The highest BCUT2D eigenvalue weighted by atomic mass is 35.5. The second-order valence-corrected chi connectivity index (χ2v) is 5.26.